The highest BCUT2D eigenvalue weighted by Crippen LogP contribution is 2.08. The van der Waals surface area contributed by atoms with E-state index in [4.69, 9.17) is 10.2 Å². The molecule has 0 saturated carbocycles. The van der Waals surface area contributed by atoms with Crippen molar-refractivity contribution in [3.8, 4) is 0 Å². The van der Waals surface area contributed by atoms with Crippen LogP contribution in [0.2, 0.25) is 0 Å². The first-order chi connectivity index (χ1) is 13.1. The summed E-state index contributed by atoms with van der Waals surface area (Å²) < 4.78 is 0. The van der Waals surface area contributed by atoms with Crippen molar-refractivity contribution in [2.24, 2.45) is 0 Å². The van der Waals surface area contributed by atoms with Gasteiger partial charge in [0.15, 0.2) is 0 Å². The van der Waals surface area contributed by atoms with E-state index >= 15 is 0 Å². The van der Waals surface area contributed by atoms with E-state index in [1.165, 1.54) is 44.9 Å². The second-order valence-corrected chi connectivity index (χ2v) is 6.56. The van der Waals surface area contributed by atoms with Gasteiger partial charge in [-0.3, -0.25) is 9.59 Å². The summed E-state index contributed by atoms with van der Waals surface area (Å²) in [6.07, 6.45) is 24.9. The highest BCUT2D eigenvalue weighted by atomic mass is 16.3. The van der Waals surface area contributed by atoms with Crippen LogP contribution in [0.1, 0.15) is 71.1 Å². The first kappa shape index (κ1) is 25.2. The Balaban J connectivity index is 3.68. The molecule has 0 heterocycles. The van der Waals surface area contributed by atoms with Gasteiger partial charge in [0.2, 0.25) is 11.6 Å². The second kappa shape index (κ2) is 19.0. The van der Waals surface area contributed by atoms with E-state index in [1.807, 2.05) is 30.4 Å². The molecule has 0 aliphatic rings. The average Bonchev–Trinajstić information content (AvgIpc) is 2.68. The van der Waals surface area contributed by atoms with Crippen LogP contribution in [0.15, 0.2) is 48.6 Å². The highest BCUT2D eigenvalue weighted by Gasteiger charge is 2.20. The summed E-state index contributed by atoms with van der Waals surface area (Å²) in [5.41, 5.74) is 0. The summed E-state index contributed by atoms with van der Waals surface area (Å²) in [7, 11) is 0. The molecular weight excluding hydrogens is 340 g/mol. The zero-order valence-electron chi connectivity index (χ0n) is 16.7. The number of Topliss-reactive ketones (excluding diaryl/α,β-unsaturated/α-hetero) is 2. The molecule has 0 aromatic rings. The third kappa shape index (κ3) is 16.1. The number of unbranched alkanes of at least 4 members (excludes halogenated alkanes) is 7. The number of carbonyl (C=O) groups excluding carboxylic acids is 2. The normalized spacial score (nSPS) is 13.4. The van der Waals surface area contributed by atoms with Crippen LogP contribution in [0.3, 0.4) is 0 Å². The van der Waals surface area contributed by atoms with Gasteiger partial charge in [-0.15, -0.1) is 0 Å². The van der Waals surface area contributed by atoms with Crippen LogP contribution in [0.25, 0.3) is 0 Å². The molecule has 0 spiro atoms. The lowest BCUT2D eigenvalue weighted by Gasteiger charge is -2.03. The third-order valence-corrected chi connectivity index (χ3v) is 4.09. The summed E-state index contributed by atoms with van der Waals surface area (Å²) in [6.45, 7) is 1.52. The van der Waals surface area contributed by atoms with E-state index in [0.29, 0.717) is 6.42 Å². The molecule has 0 rings (SSSR count). The summed E-state index contributed by atoms with van der Waals surface area (Å²) in [5.74, 6) is -1.58. The summed E-state index contributed by atoms with van der Waals surface area (Å²) in [6, 6.07) is 0. The lowest BCUT2D eigenvalue weighted by Crippen LogP contribution is -2.31. The Morgan fingerprint density at radius 2 is 1.30 bits per heavy atom. The third-order valence-electron chi connectivity index (χ3n) is 4.09. The largest absolute Gasteiger partial charge is 0.393 e. The van der Waals surface area contributed by atoms with Crippen molar-refractivity contribution >= 4 is 11.6 Å². The predicted molar refractivity (Wildman–Crippen MR) is 112 cm³/mol. The van der Waals surface area contributed by atoms with E-state index in [1.54, 1.807) is 6.08 Å². The minimum absolute atomic E-state index is 0.0391. The van der Waals surface area contributed by atoms with Crippen molar-refractivity contribution in [1.82, 2.24) is 0 Å². The van der Waals surface area contributed by atoms with E-state index in [0.717, 1.165) is 6.42 Å². The van der Waals surface area contributed by atoms with Gasteiger partial charge in [-0.2, -0.15) is 0 Å². The maximum Gasteiger partial charge on any atom is 0.229 e. The molecule has 0 fully saturated rings. The molecular formula is C23H36O4. The van der Waals surface area contributed by atoms with Crippen molar-refractivity contribution < 1.29 is 19.8 Å². The number of hydrogen-bond acceptors (Lipinski definition) is 4. The molecule has 4 heteroatoms. The lowest BCUT2D eigenvalue weighted by molar-refractivity contribution is -0.142. The summed E-state index contributed by atoms with van der Waals surface area (Å²) >= 11 is 0. The van der Waals surface area contributed by atoms with Crippen LogP contribution in [0.4, 0.5) is 0 Å². The average molecular weight is 377 g/mol. The highest BCUT2D eigenvalue weighted by molar-refractivity contribution is 6.38. The summed E-state index contributed by atoms with van der Waals surface area (Å²) in [4.78, 5) is 22.7. The van der Waals surface area contributed by atoms with E-state index in [-0.39, 0.29) is 6.42 Å². The van der Waals surface area contributed by atoms with Crippen LogP contribution in [0.5, 0.6) is 0 Å². The molecule has 1 unspecified atom stereocenters. The van der Waals surface area contributed by atoms with Gasteiger partial charge < -0.3 is 10.2 Å². The molecule has 0 aromatic carbocycles. The monoisotopic (exact) mass is 376 g/mol. The Hall–Kier alpha value is -1.78. The van der Waals surface area contributed by atoms with Crippen molar-refractivity contribution in [2.45, 2.75) is 77.2 Å². The van der Waals surface area contributed by atoms with Gasteiger partial charge >= 0.3 is 0 Å². The minimum atomic E-state index is -1.59. The molecule has 0 aliphatic heterocycles. The molecule has 0 aromatic heterocycles. The zero-order chi connectivity index (χ0) is 20.2. The number of allylic oxidation sites excluding steroid dienone is 8. The molecule has 152 valence electrons. The predicted octanol–water partition coefficient (Wildman–Crippen LogP) is 4.62. The number of hydrogen-bond donors (Lipinski definition) is 2. The van der Waals surface area contributed by atoms with Gasteiger partial charge in [-0.25, -0.2) is 0 Å². The fourth-order valence-electron chi connectivity index (χ4n) is 2.43. The molecule has 1 atom stereocenters. The van der Waals surface area contributed by atoms with Crippen LogP contribution in [-0.4, -0.2) is 34.5 Å². The molecule has 0 amide bonds. The number of aliphatic hydroxyl groups excluding tert-OH is 2. The van der Waals surface area contributed by atoms with Crippen LogP contribution >= 0.6 is 0 Å². The first-order valence-electron chi connectivity index (χ1n) is 10.1. The Morgan fingerprint density at radius 3 is 1.89 bits per heavy atom. The molecule has 27 heavy (non-hydrogen) atoms. The Morgan fingerprint density at radius 1 is 0.778 bits per heavy atom. The van der Waals surface area contributed by atoms with E-state index in [9.17, 15) is 9.59 Å². The molecule has 0 radical (unpaired) electrons. The standard InChI is InChI=1S/C23H36O4/c1-2-3-4-5-6-7-8-9-10-11-12-13-14-15-16-17-18-19-21(25)23(27)22(26)20-24/h10-17,22,24,26H,2-9,18-20H2,1H3. The molecule has 0 saturated heterocycles. The van der Waals surface area contributed by atoms with E-state index in [2.05, 4.69) is 19.1 Å². The number of rotatable bonds is 17. The van der Waals surface area contributed by atoms with Crippen LogP contribution < -0.4 is 0 Å². The Labute approximate surface area is 164 Å². The van der Waals surface area contributed by atoms with Crippen molar-refractivity contribution in [3.63, 3.8) is 0 Å². The summed E-state index contributed by atoms with van der Waals surface area (Å²) in [5, 5.41) is 17.7. The minimum Gasteiger partial charge on any atom is -0.393 e. The fourth-order valence-corrected chi connectivity index (χ4v) is 2.43. The topological polar surface area (TPSA) is 74.6 Å². The first-order valence-corrected chi connectivity index (χ1v) is 10.1. The molecule has 0 aliphatic carbocycles. The number of ketones is 2. The van der Waals surface area contributed by atoms with Gasteiger partial charge in [0, 0.05) is 6.42 Å². The van der Waals surface area contributed by atoms with Gasteiger partial charge in [0.25, 0.3) is 0 Å². The van der Waals surface area contributed by atoms with E-state index < -0.39 is 24.3 Å². The van der Waals surface area contributed by atoms with Crippen molar-refractivity contribution in [3.05, 3.63) is 48.6 Å². The molecule has 2 N–H and O–H groups in total. The van der Waals surface area contributed by atoms with Crippen LogP contribution in [0, 0.1) is 0 Å². The smallest absolute Gasteiger partial charge is 0.229 e. The Bertz CT molecular complexity index is 501. The maximum absolute atomic E-state index is 11.4. The van der Waals surface area contributed by atoms with Crippen molar-refractivity contribution in [1.29, 1.82) is 0 Å². The SMILES string of the molecule is CCCCCCCCCC=CC=CC=CC=CCCC(=O)C(=O)C(O)CO. The lowest BCUT2D eigenvalue weighted by atomic mass is 10.1. The molecule has 4 nitrogen and oxygen atoms in total. The van der Waals surface area contributed by atoms with Gasteiger partial charge in [-0.1, -0.05) is 94.1 Å². The van der Waals surface area contributed by atoms with Crippen LogP contribution in [-0.2, 0) is 9.59 Å². The van der Waals surface area contributed by atoms with Gasteiger partial charge in [0.05, 0.1) is 6.61 Å². The quantitative estimate of drug-likeness (QED) is 0.221. The number of carbonyl (C=O) groups is 2. The Kier molecular flexibility index (Phi) is 17.7. The van der Waals surface area contributed by atoms with Gasteiger partial charge in [0.1, 0.15) is 6.10 Å². The zero-order valence-corrected chi connectivity index (χ0v) is 16.7. The maximum atomic E-state index is 11.4. The number of aliphatic hydroxyl groups is 2. The molecule has 0 bridgehead atoms. The second-order valence-electron chi connectivity index (χ2n) is 6.56. The van der Waals surface area contributed by atoms with Gasteiger partial charge in [-0.05, 0) is 19.3 Å². The fraction of sp³-hybridized carbons (Fsp3) is 0.565. The van der Waals surface area contributed by atoms with Crippen molar-refractivity contribution in [2.75, 3.05) is 6.61 Å².